The van der Waals surface area contributed by atoms with Crippen molar-refractivity contribution in [3.8, 4) is 12.1 Å². The molecule has 13 heteroatoms. The zero-order valence-corrected chi connectivity index (χ0v) is 31.5. The minimum absolute atomic E-state index is 0. The van der Waals surface area contributed by atoms with E-state index in [1.807, 2.05) is 66.7 Å². The van der Waals surface area contributed by atoms with Crippen LogP contribution in [0.5, 0.6) is 0 Å². The smallest absolute Gasteiger partial charge is 0.107 e. The van der Waals surface area contributed by atoms with Gasteiger partial charge in [0.05, 0.1) is 43.2 Å². The van der Waals surface area contributed by atoms with Gasteiger partial charge in [-0.1, -0.05) is 100 Å². The molecule has 2 aliphatic heterocycles. The Morgan fingerprint density at radius 3 is 1.15 bits per heavy atom. The number of rotatable bonds is 6. The summed E-state index contributed by atoms with van der Waals surface area (Å²) >= 11 is 0. The Balaban J connectivity index is 0. The summed E-state index contributed by atoms with van der Waals surface area (Å²) in [6.45, 7) is 8.84. The molecule has 0 unspecified atom stereocenters. The van der Waals surface area contributed by atoms with Crippen LogP contribution in [0.3, 0.4) is 0 Å². The van der Waals surface area contributed by atoms with Crippen LogP contribution in [0.2, 0.25) is 0 Å². The van der Waals surface area contributed by atoms with Crippen molar-refractivity contribution >= 4 is 36.2 Å². The highest BCUT2D eigenvalue weighted by atomic mass is 35.5. The van der Waals surface area contributed by atoms with E-state index in [1.165, 1.54) is 11.1 Å². The van der Waals surface area contributed by atoms with Gasteiger partial charge in [-0.05, 0) is 80.9 Å². The molecule has 2 aliphatic rings. The number of benzene rings is 4. The molecule has 0 aromatic heterocycles. The van der Waals surface area contributed by atoms with Gasteiger partial charge in [-0.25, -0.2) is 0 Å². The molecule has 276 valence electrons. The summed E-state index contributed by atoms with van der Waals surface area (Å²) in [4.78, 5) is 0. The third-order valence-corrected chi connectivity index (χ3v) is 6.93. The first-order valence-electron chi connectivity index (χ1n) is 17.4. The highest BCUT2D eigenvalue weighted by Crippen LogP contribution is 2.10. The van der Waals surface area contributed by atoms with E-state index in [-0.39, 0.29) is 24.8 Å². The van der Waals surface area contributed by atoms with Gasteiger partial charge < -0.3 is 11.5 Å². The van der Waals surface area contributed by atoms with Crippen LogP contribution in [0.25, 0.3) is 0 Å². The second-order valence-corrected chi connectivity index (χ2v) is 10.00. The van der Waals surface area contributed by atoms with E-state index < -0.39 is 7.15 Å². The molecule has 0 fully saturated rings. The maximum atomic E-state index is 9.96. The fourth-order valence-corrected chi connectivity index (χ4v) is 4.03. The van der Waals surface area contributed by atoms with E-state index in [9.17, 15) is 4.39 Å². The van der Waals surface area contributed by atoms with Crippen LogP contribution < -0.4 is 11.5 Å². The number of nitriles is 2. The van der Waals surface area contributed by atoms with E-state index >= 15 is 0 Å². The lowest BCUT2D eigenvalue weighted by atomic mass is 10.1. The number of halogens is 3. The van der Waals surface area contributed by atoms with E-state index in [2.05, 4.69) is 75.1 Å². The normalized spacial score (nSPS) is 11.5. The molecule has 0 saturated heterocycles. The Labute approximate surface area is 322 Å². The predicted molar refractivity (Wildman–Crippen MR) is 215 cm³/mol. The summed E-state index contributed by atoms with van der Waals surface area (Å²) in [7, 11) is -1.00. The first-order chi connectivity index (χ1) is 25.4. The molecule has 0 amide bonds. The van der Waals surface area contributed by atoms with Crippen LogP contribution in [-0.4, -0.2) is 31.7 Å². The maximum Gasteiger partial charge on any atom is 0.107 e. The van der Waals surface area contributed by atoms with Crippen LogP contribution in [0.4, 0.5) is 4.39 Å². The Morgan fingerprint density at radius 2 is 0.904 bits per heavy atom. The Hall–Kier alpha value is -5.17. The van der Waals surface area contributed by atoms with Crippen LogP contribution in [0.1, 0.15) is 74.9 Å². The van der Waals surface area contributed by atoms with Crippen molar-refractivity contribution in [3.05, 3.63) is 142 Å². The number of nitrogens with zero attached hydrogens (tertiary/aromatic N) is 8. The summed E-state index contributed by atoms with van der Waals surface area (Å²) in [5, 5.41) is 39.5. The van der Waals surface area contributed by atoms with Gasteiger partial charge in [-0.3, -0.25) is 4.39 Å². The molecule has 0 spiro atoms. The Morgan fingerprint density at radius 1 is 0.615 bits per heavy atom. The minimum Gasteiger partial charge on any atom is -0.326 e. The third kappa shape index (κ3) is 18.2. The summed E-state index contributed by atoms with van der Waals surface area (Å²) in [5.41, 5.74) is 21.1. The van der Waals surface area contributed by atoms with Crippen LogP contribution in [0.15, 0.2) is 128 Å². The van der Waals surface area contributed by atoms with Crippen LogP contribution in [0, 0.1) is 22.7 Å². The van der Waals surface area contributed by atoms with Gasteiger partial charge in [0.1, 0.15) is 13.1 Å². The van der Waals surface area contributed by atoms with Crippen molar-refractivity contribution in [1.82, 2.24) is 0 Å². The molecule has 4 aromatic rings. The van der Waals surface area contributed by atoms with Crippen molar-refractivity contribution in [3.63, 3.8) is 0 Å². The molecule has 52 heavy (non-hydrogen) atoms. The second kappa shape index (κ2) is 30.6. The van der Waals surface area contributed by atoms with Gasteiger partial charge in [0.15, 0.2) is 0 Å². The molecule has 10 nitrogen and oxygen atoms in total. The zero-order chi connectivity index (χ0) is 38.4. The molecule has 4 N–H and O–H groups in total. The summed E-state index contributed by atoms with van der Waals surface area (Å²) in [6, 6.07) is 35.4. The summed E-state index contributed by atoms with van der Waals surface area (Å²) in [6.07, 6.45) is 2.10. The van der Waals surface area contributed by atoms with Crippen LogP contribution >= 0.6 is 24.8 Å². The quantitative estimate of drug-likeness (QED) is 0.200. The van der Waals surface area contributed by atoms with E-state index in [4.69, 9.17) is 24.7 Å². The number of hydrogen-bond acceptors (Lipinski definition) is 10. The van der Waals surface area contributed by atoms with Crippen molar-refractivity contribution in [2.24, 2.45) is 42.3 Å². The predicted octanol–water partition coefficient (Wildman–Crippen LogP) is 9.33. The van der Waals surface area contributed by atoms with Crippen molar-refractivity contribution in [1.29, 1.82) is 10.5 Å². The summed E-state index contributed by atoms with van der Waals surface area (Å²) in [5.74, 6) is 0. The molecule has 0 aliphatic carbocycles. The lowest BCUT2D eigenvalue weighted by Gasteiger charge is -1.99. The lowest BCUT2D eigenvalue weighted by molar-refractivity contribution is 0.636. The van der Waals surface area contributed by atoms with Gasteiger partial charge >= 0.3 is 0 Å². The highest BCUT2D eigenvalue weighted by molar-refractivity contribution is 6.03. The third-order valence-electron chi connectivity index (χ3n) is 6.93. The number of nitrogens with two attached hydrogens (primary N) is 2. The van der Waals surface area contributed by atoms with E-state index in [0.717, 1.165) is 52.1 Å². The lowest BCUT2D eigenvalue weighted by Crippen LogP contribution is -2.02. The monoisotopic (exact) mass is 748 g/mol. The average Bonchev–Trinajstić information content (AvgIpc) is 3.96. The fraction of sp³-hybridized carbons (Fsp3) is 0.282. The van der Waals surface area contributed by atoms with Gasteiger partial charge in [0.25, 0.3) is 0 Å². The second-order valence-electron chi connectivity index (χ2n) is 10.00. The van der Waals surface area contributed by atoms with Crippen molar-refractivity contribution in [2.75, 3.05) is 20.2 Å². The van der Waals surface area contributed by atoms with Gasteiger partial charge in [0.2, 0.25) is 0 Å². The number of aryl methyl sites for hydroxylation is 2. The highest BCUT2D eigenvalue weighted by Gasteiger charge is 2.07. The molecular formula is C39H49Cl2FN10. The van der Waals surface area contributed by atoms with E-state index in [0.29, 0.717) is 38.6 Å². The van der Waals surface area contributed by atoms with Gasteiger partial charge in [-0.2, -0.15) is 20.8 Å². The average molecular weight is 750 g/mol. The number of hydrogen-bond donors (Lipinski definition) is 2. The molecule has 4 aromatic carbocycles. The van der Waals surface area contributed by atoms with E-state index in [1.54, 1.807) is 19.1 Å². The molecule has 0 bridgehead atoms. The topological polar surface area (TPSA) is 174 Å². The maximum absolute atomic E-state index is 9.96. The SMILES string of the molecule is CCc1ccc(C#N)cc1.CCc1ccc(C2=NN=NC2)cc1.Cl.Cl.N#Cc1ccc(CN)cc1.NCc1ccc(C2=NN=NC2)cc1.[2H]CC.[2H]CF. The van der Waals surface area contributed by atoms with Crippen LogP contribution in [-0.2, 0) is 25.9 Å². The zero-order valence-electron chi connectivity index (χ0n) is 31.8. The molecule has 2 heterocycles. The molecular weight excluding hydrogens is 698 g/mol. The molecule has 0 saturated carbocycles. The standard InChI is InChI=1S/C10H11N3.C9H10N4.C9H9N.C8H8N2.C2H6.CH3F.2ClH/c1-2-8-3-5-9(6-4-8)10-7-11-13-12-10;10-5-7-1-3-8(4-2-7)9-6-11-13-12-9;1-2-8-3-5-9(7-10)6-4-8;9-5-7-1-2-8(6-10)4-3-7;2*1-2;;/h3-6H,2,7H2,1H3;1-4H,5-6,10H2;3-6H,2H2,1H3;1-4H,5,9H2;1-2H3;1H3;2*1H/i;;;;2*1D;;. The Kier molecular flexibility index (Phi) is 26.4. The van der Waals surface area contributed by atoms with Gasteiger partial charge in [0, 0.05) is 14.5 Å². The molecule has 6 rings (SSSR count). The van der Waals surface area contributed by atoms with Crippen molar-refractivity contribution in [2.45, 2.75) is 53.6 Å². The van der Waals surface area contributed by atoms with Gasteiger partial charge in [-0.15, -0.1) is 35.0 Å². The number of alkyl halides is 1. The largest absolute Gasteiger partial charge is 0.326 e. The van der Waals surface area contributed by atoms with Crippen molar-refractivity contribution < 1.29 is 7.13 Å². The summed E-state index contributed by atoms with van der Waals surface area (Å²) < 4.78 is 21.7. The molecule has 0 atom stereocenters. The first kappa shape index (κ1) is 44.9. The fourth-order valence-electron chi connectivity index (χ4n) is 4.03. The Bertz CT molecular complexity index is 1640. The molecule has 0 radical (unpaired) electrons. The minimum atomic E-state index is -1.00. The first-order valence-corrected chi connectivity index (χ1v) is 15.9.